The van der Waals surface area contributed by atoms with Crippen molar-refractivity contribution in [3.63, 3.8) is 0 Å². The van der Waals surface area contributed by atoms with E-state index in [0.29, 0.717) is 18.9 Å². The predicted molar refractivity (Wildman–Crippen MR) is 115 cm³/mol. The van der Waals surface area contributed by atoms with Gasteiger partial charge >= 0.3 is 5.97 Å². The van der Waals surface area contributed by atoms with E-state index in [2.05, 4.69) is 20.8 Å². The lowest BCUT2D eigenvalue weighted by atomic mass is 10.0. The first kappa shape index (κ1) is 25.5. The first-order chi connectivity index (χ1) is 12.7. The van der Waals surface area contributed by atoms with E-state index in [1.54, 1.807) is 0 Å². The molecule has 0 N–H and O–H groups in total. The van der Waals surface area contributed by atoms with Crippen molar-refractivity contribution in [3.8, 4) is 0 Å². The highest BCUT2D eigenvalue weighted by molar-refractivity contribution is 5.69. The largest absolute Gasteiger partial charge is 0.466 e. The van der Waals surface area contributed by atoms with E-state index in [1.807, 2.05) is 0 Å². The summed E-state index contributed by atoms with van der Waals surface area (Å²) in [5, 5.41) is 0. The molecule has 0 heterocycles. The van der Waals surface area contributed by atoms with Crippen molar-refractivity contribution in [2.24, 2.45) is 5.92 Å². The summed E-state index contributed by atoms with van der Waals surface area (Å²) in [6.07, 6.45) is 23.4. The average Bonchev–Trinajstić information content (AvgIpc) is 2.61. The lowest BCUT2D eigenvalue weighted by Crippen LogP contribution is -2.07. The third kappa shape index (κ3) is 21.5. The van der Waals surface area contributed by atoms with Crippen LogP contribution in [0.25, 0.3) is 0 Å². The molecule has 0 bridgehead atoms. The van der Waals surface area contributed by atoms with Crippen LogP contribution in [0.1, 0.15) is 136 Å². The summed E-state index contributed by atoms with van der Waals surface area (Å²) in [7, 11) is 0. The fourth-order valence-electron chi connectivity index (χ4n) is 3.30. The molecule has 0 aliphatic rings. The Morgan fingerprint density at radius 2 is 1.04 bits per heavy atom. The van der Waals surface area contributed by atoms with E-state index >= 15 is 0 Å². The van der Waals surface area contributed by atoms with Gasteiger partial charge in [0.1, 0.15) is 0 Å². The van der Waals surface area contributed by atoms with Crippen molar-refractivity contribution in [3.05, 3.63) is 0 Å². The topological polar surface area (TPSA) is 26.3 Å². The fraction of sp³-hybridized carbons (Fsp3) is 0.958. The lowest BCUT2D eigenvalue weighted by molar-refractivity contribution is -0.144. The van der Waals surface area contributed by atoms with Crippen molar-refractivity contribution in [1.82, 2.24) is 0 Å². The zero-order valence-corrected chi connectivity index (χ0v) is 18.3. The molecule has 0 aromatic rings. The van der Waals surface area contributed by atoms with E-state index in [1.165, 1.54) is 96.3 Å². The van der Waals surface area contributed by atoms with E-state index in [0.717, 1.165) is 12.8 Å². The van der Waals surface area contributed by atoms with Gasteiger partial charge in [0.15, 0.2) is 0 Å². The van der Waals surface area contributed by atoms with Gasteiger partial charge < -0.3 is 4.74 Å². The summed E-state index contributed by atoms with van der Waals surface area (Å²) in [4.78, 5) is 11.6. The Labute approximate surface area is 164 Å². The summed E-state index contributed by atoms with van der Waals surface area (Å²) in [5.74, 6) is 0.606. The highest BCUT2D eigenvalue weighted by atomic mass is 16.5. The summed E-state index contributed by atoms with van der Waals surface area (Å²) in [5.41, 5.74) is 0. The molecular formula is C24H48O2. The van der Waals surface area contributed by atoms with Gasteiger partial charge in [0, 0.05) is 6.42 Å². The molecule has 0 aromatic heterocycles. The Morgan fingerprint density at radius 1 is 0.654 bits per heavy atom. The van der Waals surface area contributed by atoms with Gasteiger partial charge in [-0.1, -0.05) is 117 Å². The van der Waals surface area contributed by atoms with Gasteiger partial charge in [-0.15, -0.1) is 0 Å². The molecule has 156 valence electrons. The fourth-order valence-corrected chi connectivity index (χ4v) is 3.30. The molecule has 0 aliphatic carbocycles. The van der Waals surface area contributed by atoms with E-state index in [4.69, 9.17) is 4.74 Å². The van der Waals surface area contributed by atoms with Gasteiger partial charge in [-0.2, -0.15) is 0 Å². The summed E-state index contributed by atoms with van der Waals surface area (Å²) in [6, 6.07) is 0. The van der Waals surface area contributed by atoms with E-state index < -0.39 is 0 Å². The van der Waals surface area contributed by atoms with Crippen molar-refractivity contribution >= 4 is 5.97 Å². The van der Waals surface area contributed by atoms with Gasteiger partial charge in [0.25, 0.3) is 0 Å². The minimum Gasteiger partial charge on any atom is -0.466 e. The Hall–Kier alpha value is -0.530. The number of carbonyl (C=O) groups is 1. The van der Waals surface area contributed by atoms with Gasteiger partial charge in [0.2, 0.25) is 0 Å². The monoisotopic (exact) mass is 368 g/mol. The van der Waals surface area contributed by atoms with Crippen LogP contribution in [-0.2, 0) is 9.53 Å². The predicted octanol–water partition coefficient (Wildman–Crippen LogP) is 8.23. The Morgan fingerprint density at radius 3 is 1.42 bits per heavy atom. The molecule has 0 aromatic carbocycles. The number of carbonyl (C=O) groups excluding carboxylic acids is 1. The lowest BCUT2D eigenvalue weighted by Gasteiger charge is -2.06. The van der Waals surface area contributed by atoms with E-state index in [9.17, 15) is 4.79 Å². The molecule has 0 rings (SSSR count). The number of rotatable bonds is 20. The standard InChI is InChI=1S/C24H48O2/c1-4-5-6-7-8-9-10-11-12-13-14-15-16-17-18-19-20-24(25)26-22-21-23(2)3/h23H,4-22H2,1-3H3. The summed E-state index contributed by atoms with van der Waals surface area (Å²) < 4.78 is 5.24. The Kier molecular flexibility index (Phi) is 20.4. The molecule has 26 heavy (non-hydrogen) atoms. The van der Waals surface area contributed by atoms with Crippen LogP contribution in [-0.4, -0.2) is 12.6 Å². The second kappa shape index (κ2) is 20.8. The molecule has 0 fully saturated rings. The first-order valence-corrected chi connectivity index (χ1v) is 11.8. The zero-order chi connectivity index (χ0) is 19.3. The maximum Gasteiger partial charge on any atom is 0.305 e. The van der Waals surface area contributed by atoms with Crippen LogP contribution in [0.5, 0.6) is 0 Å². The van der Waals surface area contributed by atoms with Crippen molar-refractivity contribution < 1.29 is 9.53 Å². The second-order valence-corrected chi connectivity index (χ2v) is 8.46. The van der Waals surface area contributed by atoms with Crippen molar-refractivity contribution in [2.75, 3.05) is 6.61 Å². The molecule has 0 saturated heterocycles. The summed E-state index contributed by atoms with van der Waals surface area (Å²) >= 11 is 0. The first-order valence-electron chi connectivity index (χ1n) is 11.8. The molecular weight excluding hydrogens is 320 g/mol. The summed E-state index contributed by atoms with van der Waals surface area (Å²) in [6.45, 7) is 7.19. The molecule has 0 spiro atoms. The SMILES string of the molecule is CCCCCCCCCCCCCCCCCCC(=O)OCCC(C)C. The number of ether oxygens (including phenoxy) is 1. The van der Waals surface area contributed by atoms with Crippen LogP contribution in [0, 0.1) is 5.92 Å². The number of hydrogen-bond donors (Lipinski definition) is 0. The molecule has 2 nitrogen and oxygen atoms in total. The molecule has 2 heteroatoms. The minimum atomic E-state index is -0.00369. The van der Waals surface area contributed by atoms with Gasteiger partial charge in [-0.05, 0) is 18.8 Å². The quantitative estimate of drug-likeness (QED) is 0.160. The van der Waals surface area contributed by atoms with Crippen LogP contribution >= 0.6 is 0 Å². The number of esters is 1. The van der Waals surface area contributed by atoms with Crippen molar-refractivity contribution in [2.45, 2.75) is 136 Å². The normalized spacial score (nSPS) is 11.2. The number of unbranched alkanes of at least 4 members (excludes halogenated alkanes) is 15. The van der Waals surface area contributed by atoms with Crippen LogP contribution < -0.4 is 0 Å². The zero-order valence-electron chi connectivity index (χ0n) is 18.3. The maximum absolute atomic E-state index is 11.6. The van der Waals surface area contributed by atoms with Crippen LogP contribution in [0.15, 0.2) is 0 Å². The van der Waals surface area contributed by atoms with E-state index in [-0.39, 0.29) is 5.97 Å². The minimum absolute atomic E-state index is 0.00369. The molecule has 0 atom stereocenters. The third-order valence-corrected chi connectivity index (χ3v) is 5.19. The Bertz CT molecular complexity index is 286. The average molecular weight is 369 g/mol. The van der Waals surface area contributed by atoms with Crippen LogP contribution in [0.4, 0.5) is 0 Å². The van der Waals surface area contributed by atoms with Gasteiger partial charge in [0.05, 0.1) is 6.61 Å². The smallest absolute Gasteiger partial charge is 0.305 e. The second-order valence-electron chi connectivity index (χ2n) is 8.46. The van der Waals surface area contributed by atoms with Crippen molar-refractivity contribution in [1.29, 1.82) is 0 Å². The molecule has 0 unspecified atom stereocenters. The van der Waals surface area contributed by atoms with Crippen LogP contribution in [0.2, 0.25) is 0 Å². The highest BCUT2D eigenvalue weighted by Crippen LogP contribution is 2.14. The molecule has 0 saturated carbocycles. The number of hydrogen-bond acceptors (Lipinski definition) is 2. The van der Waals surface area contributed by atoms with Crippen LogP contribution in [0.3, 0.4) is 0 Å². The highest BCUT2D eigenvalue weighted by Gasteiger charge is 2.03. The molecule has 0 amide bonds. The maximum atomic E-state index is 11.6. The molecule has 0 aliphatic heterocycles. The Balaban J connectivity index is 3.10. The van der Waals surface area contributed by atoms with Gasteiger partial charge in [-0.25, -0.2) is 0 Å². The molecule has 0 radical (unpaired) electrons. The van der Waals surface area contributed by atoms with Gasteiger partial charge in [-0.3, -0.25) is 4.79 Å². The third-order valence-electron chi connectivity index (χ3n) is 5.19.